The Balaban J connectivity index is 1.41. The Morgan fingerprint density at radius 1 is 1.21 bits per heavy atom. The predicted octanol–water partition coefficient (Wildman–Crippen LogP) is 3.66. The Morgan fingerprint density at radius 3 is 2.55 bits per heavy atom. The van der Waals surface area contributed by atoms with Crippen molar-refractivity contribution in [2.45, 2.75) is 57.8 Å². The molecule has 1 amide bonds. The van der Waals surface area contributed by atoms with Gasteiger partial charge in [-0.2, -0.15) is 13.2 Å². The minimum absolute atomic E-state index is 0.202. The summed E-state index contributed by atoms with van der Waals surface area (Å²) in [6, 6.07) is 2.88. The van der Waals surface area contributed by atoms with Gasteiger partial charge in [-0.3, -0.25) is 9.69 Å². The van der Waals surface area contributed by atoms with Crippen molar-refractivity contribution in [2.75, 3.05) is 51.3 Å². The molecule has 0 spiro atoms. The summed E-state index contributed by atoms with van der Waals surface area (Å²) in [5.41, 5.74) is -1.08. The maximum absolute atomic E-state index is 13.8. The molecule has 0 bridgehead atoms. The van der Waals surface area contributed by atoms with Crippen LogP contribution in [-0.2, 0) is 15.7 Å². The SMILES string of the molecule is CC(C)C1(C(=O)N2CCN(c3cc(C(F)(F)F)ccn3)CC2)CC[C@@H](N(C)[C@H]2CCOC2)C1. The molecule has 184 valence electrons. The van der Waals surface area contributed by atoms with E-state index in [4.69, 9.17) is 4.74 Å². The van der Waals surface area contributed by atoms with Crippen molar-refractivity contribution in [3.05, 3.63) is 23.9 Å². The average molecular weight is 469 g/mol. The molecule has 6 nitrogen and oxygen atoms in total. The number of carbonyl (C=O) groups is 1. The van der Waals surface area contributed by atoms with Gasteiger partial charge in [0, 0.05) is 51.1 Å². The maximum atomic E-state index is 13.8. The van der Waals surface area contributed by atoms with Gasteiger partial charge < -0.3 is 14.5 Å². The third-order valence-corrected chi connectivity index (χ3v) is 8.08. The van der Waals surface area contributed by atoms with Crippen molar-refractivity contribution in [1.82, 2.24) is 14.8 Å². The second kappa shape index (κ2) is 9.41. The van der Waals surface area contributed by atoms with Gasteiger partial charge in [-0.25, -0.2) is 4.98 Å². The number of aromatic nitrogens is 1. The number of amides is 1. The topological polar surface area (TPSA) is 48.9 Å². The van der Waals surface area contributed by atoms with Gasteiger partial charge in [0.15, 0.2) is 0 Å². The van der Waals surface area contributed by atoms with Gasteiger partial charge in [-0.1, -0.05) is 13.8 Å². The molecular weight excluding hydrogens is 433 g/mol. The highest BCUT2D eigenvalue weighted by molar-refractivity contribution is 5.84. The number of pyridine rings is 1. The van der Waals surface area contributed by atoms with Gasteiger partial charge in [0.2, 0.25) is 5.91 Å². The molecule has 1 saturated carbocycles. The van der Waals surface area contributed by atoms with E-state index in [1.807, 2.05) is 9.80 Å². The first kappa shape index (κ1) is 24.3. The molecule has 1 aromatic heterocycles. The monoisotopic (exact) mass is 468 g/mol. The largest absolute Gasteiger partial charge is 0.416 e. The number of halogens is 3. The summed E-state index contributed by atoms with van der Waals surface area (Å²) in [5, 5.41) is 0. The van der Waals surface area contributed by atoms with Crippen LogP contribution >= 0.6 is 0 Å². The third kappa shape index (κ3) is 4.85. The zero-order chi connectivity index (χ0) is 23.8. The smallest absolute Gasteiger partial charge is 0.380 e. The molecule has 1 aliphatic carbocycles. The normalized spacial score (nSPS) is 28.8. The number of hydrogen-bond acceptors (Lipinski definition) is 5. The first-order valence-corrected chi connectivity index (χ1v) is 12.0. The summed E-state index contributed by atoms with van der Waals surface area (Å²) in [6.07, 6.45) is 0.587. The summed E-state index contributed by atoms with van der Waals surface area (Å²) < 4.78 is 44.8. The molecule has 3 heterocycles. The summed E-state index contributed by atoms with van der Waals surface area (Å²) in [4.78, 5) is 24.1. The van der Waals surface area contributed by atoms with E-state index >= 15 is 0 Å². The first-order chi connectivity index (χ1) is 15.6. The highest BCUT2D eigenvalue weighted by Crippen LogP contribution is 2.48. The quantitative estimate of drug-likeness (QED) is 0.660. The Kier molecular flexibility index (Phi) is 6.92. The number of ether oxygens (including phenoxy) is 1. The van der Waals surface area contributed by atoms with Crippen molar-refractivity contribution in [3.8, 4) is 0 Å². The Labute approximate surface area is 194 Å². The third-order valence-electron chi connectivity index (χ3n) is 8.08. The van der Waals surface area contributed by atoms with Crippen LogP contribution in [0.1, 0.15) is 45.1 Å². The molecule has 0 aromatic carbocycles. The number of nitrogens with zero attached hydrogens (tertiary/aromatic N) is 4. The fraction of sp³-hybridized carbons (Fsp3) is 0.750. The van der Waals surface area contributed by atoms with Gasteiger partial charge in [0.25, 0.3) is 0 Å². The molecule has 33 heavy (non-hydrogen) atoms. The second-order valence-electron chi connectivity index (χ2n) is 10.1. The van der Waals surface area contributed by atoms with Gasteiger partial charge in [-0.15, -0.1) is 0 Å². The molecule has 1 unspecified atom stereocenters. The van der Waals surface area contributed by atoms with Crippen LogP contribution in [-0.4, -0.2) is 79.2 Å². The van der Waals surface area contributed by atoms with E-state index in [1.165, 1.54) is 6.20 Å². The van der Waals surface area contributed by atoms with Crippen molar-refractivity contribution < 1.29 is 22.7 Å². The molecule has 0 radical (unpaired) electrons. The van der Waals surface area contributed by atoms with Gasteiger partial charge in [-0.05, 0) is 50.8 Å². The van der Waals surface area contributed by atoms with E-state index in [2.05, 4.69) is 30.8 Å². The lowest BCUT2D eigenvalue weighted by Crippen LogP contribution is -2.54. The van der Waals surface area contributed by atoms with Crippen LogP contribution in [0, 0.1) is 11.3 Å². The van der Waals surface area contributed by atoms with E-state index < -0.39 is 11.7 Å². The van der Waals surface area contributed by atoms with Gasteiger partial charge in [0.1, 0.15) is 5.82 Å². The van der Waals surface area contributed by atoms with E-state index in [9.17, 15) is 18.0 Å². The molecule has 2 aliphatic heterocycles. The lowest BCUT2D eigenvalue weighted by Gasteiger charge is -2.42. The molecule has 9 heteroatoms. The first-order valence-electron chi connectivity index (χ1n) is 12.0. The Bertz CT molecular complexity index is 835. The van der Waals surface area contributed by atoms with Crippen LogP contribution in [0.5, 0.6) is 0 Å². The fourth-order valence-corrected chi connectivity index (χ4v) is 5.72. The standard InChI is InChI=1S/C24H35F3N4O2/c1-17(2)23(7-4-19(15-23)29(3)20-6-13-33-16-20)22(32)31-11-9-30(10-12-31)21-14-18(5-8-28-21)24(25,26)27/h5,8,14,17,19-20H,4,6-7,9-13,15-16H2,1-3H3/t19-,20+,23?/m1/s1. The average Bonchev–Trinajstić information content (AvgIpc) is 3.49. The molecule has 2 saturated heterocycles. The lowest BCUT2D eigenvalue weighted by molar-refractivity contribution is -0.145. The summed E-state index contributed by atoms with van der Waals surface area (Å²) in [5.74, 6) is 0.746. The molecule has 3 aliphatic rings. The lowest BCUT2D eigenvalue weighted by atomic mass is 9.74. The minimum atomic E-state index is -4.39. The molecule has 3 fully saturated rings. The predicted molar refractivity (Wildman–Crippen MR) is 120 cm³/mol. The number of alkyl halides is 3. The van der Waals surface area contributed by atoms with Crippen LogP contribution in [0.2, 0.25) is 0 Å². The zero-order valence-corrected chi connectivity index (χ0v) is 19.8. The van der Waals surface area contributed by atoms with Crippen LogP contribution in [0.4, 0.5) is 19.0 Å². The Morgan fingerprint density at radius 2 is 1.94 bits per heavy atom. The maximum Gasteiger partial charge on any atom is 0.416 e. The van der Waals surface area contributed by atoms with E-state index in [0.29, 0.717) is 44.1 Å². The van der Waals surface area contributed by atoms with Gasteiger partial charge >= 0.3 is 6.18 Å². The van der Waals surface area contributed by atoms with Crippen LogP contribution in [0.25, 0.3) is 0 Å². The number of rotatable bonds is 5. The number of piperazine rings is 1. The number of likely N-dealkylation sites (N-methyl/N-ethyl adjacent to an activating group) is 1. The van der Waals surface area contributed by atoms with E-state index in [-0.39, 0.29) is 17.2 Å². The number of carbonyl (C=O) groups excluding carboxylic acids is 1. The van der Waals surface area contributed by atoms with E-state index in [0.717, 1.165) is 51.0 Å². The number of hydrogen-bond donors (Lipinski definition) is 0. The molecule has 3 atom stereocenters. The second-order valence-corrected chi connectivity index (χ2v) is 10.1. The number of anilines is 1. The fourth-order valence-electron chi connectivity index (χ4n) is 5.72. The molecular formula is C24H35F3N4O2. The van der Waals surface area contributed by atoms with Crippen molar-refractivity contribution in [1.29, 1.82) is 0 Å². The van der Waals surface area contributed by atoms with Crippen molar-refractivity contribution >= 4 is 11.7 Å². The van der Waals surface area contributed by atoms with Crippen LogP contribution < -0.4 is 4.90 Å². The summed E-state index contributed by atoms with van der Waals surface area (Å²) in [7, 11) is 2.16. The highest BCUT2D eigenvalue weighted by Gasteiger charge is 2.51. The zero-order valence-electron chi connectivity index (χ0n) is 19.8. The van der Waals surface area contributed by atoms with Crippen LogP contribution in [0.15, 0.2) is 18.3 Å². The van der Waals surface area contributed by atoms with Crippen molar-refractivity contribution in [2.24, 2.45) is 11.3 Å². The molecule has 4 rings (SSSR count). The van der Waals surface area contributed by atoms with Crippen molar-refractivity contribution in [3.63, 3.8) is 0 Å². The van der Waals surface area contributed by atoms with Crippen LogP contribution in [0.3, 0.4) is 0 Å². The summed E-state index contributed by atoms with van der Waals surface area (Å²) >= 11 is 0. The minimum Gasteiger partial charge on any atom is -0.380 e. The summed E-state index contributed by atoms with van der Waals surface area (Å²) in [6.45, 7) is 7.82. The highest BCUT2D eigenvalue weighted by atomic mass is 19.4. The Hall–Kier alpha value is -1.87. The van der Waals surface area contributed by atoms with Gasteiger partial charge in [0.05, 0.1) is 17.6 Å². The molecule has 1 aromatic rings. The van der Waals surface area contributed by atoms with E-state index in [1.54, 1.807) is 0 Å². The molecule has 0 N–H and O–H groups in total.